The van der Waals surface area contributed by atoms with E-state index in [1.165, 1.54) is 0 Å². The first-order chi connectivity index (χ1) is 7.58. The van der Waals surface area contributed by atoms with Crippen LogP contribution in [-0.4, -0.2) is 29.8 Å². The van der Waals surface area contributed by atoms with Gasteiger partial charge >= 0.3 is 0 Å². The van der Waals surface area contributed by atoms with Crippen LogP contribution in [0.5, 0.6) is 0 Å². The zero-order chi connectivity index (χ0) is 13.3. The van der Waals surface area contributed by atoms with Gasteiger partial charge in [-0.2, -0.15) is 0 Å². The Kier molecular flexibility index (Phi) is 1.59. The first-order valence-corrected chi connectivity index (χ1v) is 2.72. The summed E-state index contributed by atoms with van der Waals surface area (Å²) in [7, 11) is 0. The molecule has 0 aliphatic heterocycles. The summed E-state index contributed by atoms with van der Waals surface area (Å²) in [5.74, 6) is -1.19. The van der Waals surface area contributed by atoms with Crippen LogP contribution in [0.15, 0.2) is 6.33 Å². The Morgan fingerprint density at radius 3 is 3.25 bits per heavy atom. The van der Waals surface area contributed by atoms with Crippen LogP contribution < -0.4 is 10.6 Å². The highest BCUT2D eigenvalue weighted by molar-refractivity contribution is 5.96. The van der Waals surface area contributed by atoms with Crippen molar-refractivity contribution in [2.45, 2.75) is 0 Å². The fourth-order valence-corrected chi connectivity index (χ4v) is 0.625. The Bertz CT molecular complexity index is 413. The number of nitrogens with zero attached hydrogens (tertiary/aromatic N) is 1. The standard InChI is InChI=1S/C6H10N4O.ClH/c1-7-5-4(6(11)8-2)9-3-10-5;/h3,7H,1-2H3,(H,8,11)(H,9,10);1H/i1D3,2D3;. The molecule has 0 aliphatic rings. The summed E-state index contributed by atoms with van der Waals surface area (Å²) in [6.45, 7) is -5.18. The van der Waals surface area contributed by atoms with Crippen LogP contribution in [-0.2, 0) is 0 Å². The molecule has 0 bridgehead atoms. The fourth-order valence-electron chi connectivity index (χ4n) is 0.625. The average Bonchev–Trinajstić information content (AvgIpc) is 2.45. The molecule has 1 amide bonds. The monoisotopic (exact) mass is 196 g/mol. The Labute approximate surface area is 84.8 Å². The van der Waals surface area contributed by atoms with Gasteiger partial charge in [0.1, 0.15) is 5.69 Å². The molecule has 0 saturated carbocycles. The van der Waals surface area contributed by atoms with Gasteiger partial charge in [-0.05, 0) is 0 Å². The number of carbonyl (C=O) groups excluding carboxylic acids is 1. The molecule has 12 heavy (non-hydrogen) atoms. The normalized spacial score (nSPS) is 18.0. The van der Waals surface area contributed by atoms with Gasteiger partial charge in [-0.15, -0.1) is 12.4 Å². The lowest BCUT2D eigenvalue weighted by Crippen LogP contribution is -2.19. The lowest BCUT2D eigenvalue weighted by atomic mass is 10.4. The molecule has 0 aliphatic carbocycles. The zero-order valence-corrected chi connectivity index (χ0v) is 6.66. The maximum absolute atomic E-state index is 11.5. The van der Waals surface area contributed by atoms with Crippen molar-refractivity contribution in [3.8, 4) is 0 Å². The van der Waals surface area contributed by atoms with Gasteiger partial charge in [0.15, 0.2) is 5.82 Å². The number of hydrogen-bond donors (Lipinski definition) is 3. The average molecular weight is 197 g/mol. The molecule has 0 unspecified atom stereocenters. The highest BCUT2D eigenvalue weighted by Gasteiger charge is 2.09. The molecular weight excluding hydrogens is 180 g/mol. The van der Waals surface area contributed by atoms with Crippen molar-refractivity contribution in [1.29, 1.82) is 0 Å². The van der Waals surface area contributed by atoms with Crippen molar-refractivity contribution in [2.24, 2.45) is 0 Å². The van der Waals surface area contributed by atoms with Crippen molar-refractivity contribution in [3.05, 3.63) is 12.0 Å². The number of rotatable bonds is 2. The molecule has 68 valence electrons. The summed E-state index contributed by atoms with van der Waals surface area (Å²) in [5, 5.41) is 3.72. The van der Waals surface area contributed by atoms with Crippen LogP contribution in [0.4, 0.5) is 5.82 Å². The van der Waals surface area contributed by atoms with Gasteiger partial charge in [0.05, 0.1) is 6.33 Å². The molecule has 0 aromatic carbocycles. The van der Waals surface area contributed by atoms with Crippen molar-refractivity contribution in [3.63, 3.8) is 0 Å². The molecule has 1 aromatic rings. The quantitative estimate of drug-likeness (QED) is 0.635. The van der Waals surface area contributed by atoms with Crippen molar-refractivity contribution in [2.75, 3.05) is 19.3 Å². The SMILES string of the molecule is Cl.[2H]C([2H])([2H])NC(=O)c1[nH]cnc1NC([2H])([2H])[2H]. The third kappa shape index (κ3) is 1.88. The molecule has 0 saturated heterocycles. The number of anilines is 1. The lowest BCUT2D eigenvalue weighted by Gasteiger charge is -1.98. The second-order valence-electron chi connectivity index (χ2n) is 1.71. The van der Waals surface area contributed by atoms with E-state index in [9.17, 15) is 4.79 Å². The predicted molar refractivity (Wildman–Crippen MR) is 48.8 cm³/mol. The van der Waals surface area contributed by atoms with Crippen LogP contribution in [0, 0.1) is 0 Å². The zero-order valence-electron chi connectivity index (χ0n) is 11.8. The summed E-state index contributed by atoms with van der Waals surface area (Å²) in [5.41, 5.74) is -0.253. The van der Waals surface area contributed by atoms with Gasteiger partial charge in [0, 0.05) is 22.2 Å². The van der Waals surface area contributed by atoms with E-state index in [0.717, 1.165) is 6.33 Å². The second-order valence-corrected chi connectivity index (χ2v) is 1.71. The van der Waals surface area contributed by atoms with Crippen molar-refractivity contribution >= 4 is 24.1 Å². The van der Waals surface area contributed by atoms with Gasteiger partial charge in [0.2, 0.25) is 0 Å². The van der Waals surface area contributed by atoms with E-state index in [-0.39, 0.29) is 23.9 Å². The minimum Gasteiger partial charge on any atom is -0.371 e. The number of imidazole rings is 1. The number of aromatic amines is 1. The molecular formula is C6H11ClN4O. The Morgan fingerprint density at radius 2 is 2.58 bits per heavy atom. The van der Waals surface area contributed by atoms with Gasteiger partial charge in [-0.3, -0.25) is 4.79 Å². The van der Waals surface area contributed by atoms with Crippen LogP contribution in [0.1, 0.15) is 18.7 Å². The summed E-state index contributed by atoms with van der Waals surface area (Å²) in [6.07, 6.45) is 1.09. The first kappa shape index (κ1) is 4.13. The number of amides is 1. The molecule has 6 heteroatoms. The van der Waals surface area contributed by atoms with Gasteiger partial charge in [0.25, 0.3) is 5.91 Å². The van der Waals surface area contributed by atoms with Gasteiger partial charge < -0.3 is 15.6 Å². The number of halogens is 1. The molecule has 1 rings (SSSR count). The second kappa shape index (κ2) is 4.61. The van der Waals surface area contributed by atoms with E-state index < -0.39 is 19.9 Å². The van der Waals surface area contributed by atoms with E-state index in [4.69, 9.17) is 8.22 Å². The number of H-pyrrole nitrogens is 1. The van der Waals surface area contributed by atoms with Crippen LogP contribution in [0.2, 0.25) is 0 Å². The number of nitrogens with one attached hydrogen (secondary N) is 3. The fraction of sp³-hybridized carbons (Fsp3) is 0.333. The Hall–Kier alpha value is -1.23. The van der Waals surface area contributed by atoms with Gasteiger partial charge in [-0.1, -0.05) is 0 Å². The lowest BCUT2D eigenvalue weighted by molar-refractivity contribution is 0.0959. The van der Waals surface area contributed by atoms with Crippen molar-refractivity contribution < 1.29 is 13.0 Å². The van der Waals surface area contributed by atoms with E-state index in [0.29, 0.717) is 0 Å². The minimum atomic E-state index is -2.65. The van der Waals surface area contributed by atoms with E-state index in [1.54, 1.807) is 5.32 Å². The molecule has 0 atom stereocenters. The van der Waals surface area contributed by atoms with E-state index in [1.807, 2.05) is 5.32 Å². The number of carbonyl (C=O) groups is 1. The summed E-state index contributed by atoms with van der Waals surface area (Å²) >= 11 is 0. The Balaban J connectivity index is 0.00000289. The summed E-state index contributed by atoms with van der Waals surface area (Å²) < 4.78 is 41.4. The third-order valence-electron chi connectivity index (χ3n) is 1.10. The minimum absolute atomic E-state index is 0. The van der Waals surface area contributed by atoms with E-state index in [2.05, 4.69) is 9.97 Å². The molecule has 3 N–H and O–H groups in total. The van der Waals surface area contributed by atoms with Crippen LogP contribution >= 0.6 is 12.4 Å². The number of aromatic nitrogens is 2. The largest absolute Gasteiger partial charge is 0.371 e. The maximum atomic E-state index is 11.5. The van der Waals surface area contributed by atoms with Gasteiger partial charge in [-0.25, -0.2) is 4.98 Å². The molecule has 1 aromatic heterocycles. The van der Waals surface area contributed by atoms with E-state index >= 15 is 0 Å². The highest BCUT2D eigenvalue weighted by atomic mass is 35.5. The highest BCUT2D eigenvalue weighted by Crippen LogP contribution is 2.06. The number of hydrogen-bond acceptors (Lipinski definition) is 3. The molecule has 0 spiro atoms. The van der Waals surface area contributed by atoms with Crippen molar-refractivity contribution in [1.82, 2.24) is 15.3 Å². The third-order valence-corrected chi connectivity index (χ3v) is 1.10. The summed E-state index contributed by atoms with van der Waals surface area (Å²) in [4.78, 5) is 17.4. The molecule has 5 nitrogen and oxygen atoms in total. The smallest absolute Gasteiger partial charge is 0.271 e. The molecule has 0 radical (unpaired) electrons. The van der Waals surface area contributed by atoms with Crippen LogP contribution in [0.25, 0.3) is 0 Å². The predicted octanol–water partition coefficient (Wildman–Crippen LogP) is 0.233. The molecule has 1 heterocycles. The van der Waals surface area contributed by atoms with Crippen LogP contribution in [0.3, 0.4) is 0 Å². The summed E-state index contributed by atoms with van der Waals surface area (Å²) in [6, 6.07) is 0. The topological polar surface area (TPSA) is 69.8 Å². The molecule has 0 fully saturated rings. The Morgan fingerprint density at radius 1 is 1.75 bits per heavy atom. The maximum Gasteiger partial charge on any atom is 0.271 e. The first-order valence-electron chi connectivity index (χ1n) is 5.72.